The van der Waals surface area contributed by atoms with Crippen molar-refractivity contribution in [2.45, 2.75) is 64.0 Å². The summed E-state index contributed by atoms with van der Waals surface area (Å²) in [6, 6.07) is 4.75. The van der Waals surface area contributed by atoms with Crippen LogP contribution in [-0.4, -0.2) is 18.1 Å². The molecule has 110 valence electrons. The van der Waals surface area contributed by atoms with Gasteiger partial charge in [0.2, 0.25) is 5.88 Å². The lowest BCUT2D eigenvalue weighted by atomic mass is 9.71. The van der Waals surface area contributed by atoms with Gasteiger partial charge < -0.3 is 10.1 Å². The molecule has 0 bridgehead atoms. The first-order chi connectivity index (χ1) is 9.81. The van der Waals surface area contributed by atoms with Crippen molar-refractivity contribution in [3.05, 3.63) is 23.9 Å². The van der Waals surface area contributed by atoms with Gasteiger partial charge >= 0.3 is 0 Å². The van der Waals surface area contributed by atoms with Crippen molar-refractivity contribution in [1.82, 2.24) is 10.3 Å². The van der Waals surface area contributed by atoms with Crippen LogP contribution in [0.1, 0.15) is 56.9 Å². The summed E-state index contributed by atoms with van der Waals surface area (Å²) in [5.74, 6) is 0.753. The Hall–Kier alpha value is -1.09. The minimum Gasteiger partial charge on any atom is -0.481 e. The summed E-state index contributed by atoms with van der Waals surface area (Å²) in [5.41, 5.74) is 1.89. The van der Waals surface area contributed by atoms with Gasteiger partial charge in [-0.25, -0.2) is 4.98 Å². The zero-order valence-electron chi connectivity index (χ0n) is 12.5. The number of hydrogen-bond acceptors (Lipinski definition) is 3. The molecule has 0 aliphatic heterocycles. The van der Waals surface area contributed by atoms with Gasteiger partial charge in [0.1, 0.15) is 0 Å². The van der Waals surface area contributed by atoms with E-state index >= 15 is 0 Å². The highest BCUT2D eigenvalue weighted by Gasteiger charge is 2.37. The number of rotatable bonds is 4. The van der Waals surface area contributed by atoms with E-state index in [1.165, 1.54) is 51.4 Å². The molecule has 2 fully saturated rings. The molecule has 0 radical (unpaired) electrons. The molecule has 1 spiro atoms. The number of aromatic nitrogens is 1. The Morgan fingerprint density at radius 2 is 2.00 bits per heavy atom. The van der Waals surface area contributed by atoms with Crippen molar-refractivity contribution >= 4 is 0 Å². The first-order valence-corrected chi connectivity index (χ1v) is 8.03. The minimum absolute atomic E-state index is 0.672. The second kappa shape index (κ2) is 6.13. The first-order valence-electron chi connectivity index (χ1n) is 8.03. The largest absolute Gasteiger partial charge is 0.481 e. The van der Waals surface area contributed by atoms with Crippen LogP contribution in [0.3, 0.4) is 0 Å². The van der Waals surface area contributed by atoms with Crippen LogP contribution in [0.15, 0.2) is 18.3 Å². The Kier molecular flexibility index (Phi) is 4.25. The maximum atomic E-state index is 5.31. The Bertz CT molecular complexity index is 430. The zero-order chi connectivity index (χ0) is 13.8. The van der Waals surface area contributed by atoms with Crippen molar-refractivity contribution in [2.75, 3.05) is 7.11 Å². The van der Waals surface area contributed by atoms with Gasteiger partial charge in [0, 0.05) is 24.3 Å². The third-order valence-electron chi connectivity index (χ3n) is 5.33. The molecule has 2 aliphatic carbocycles. The van der Waals surface area contributed by atoms with E-state index in [0.717, 1.165) is 23.4 Å². The summed E-state index contributed by atoms with van der Waals surface area (Å²) in [7, 11) is 1.69. The molecule has 1 heterocycles. The summed E-state index contributed by atoms with van der Waals surface area (Å²) in [6.07, 6.45) is 13.2. The molecule has 0 aromatic carbocycles. The monoisotopic (exact) mass is 274 g/mol. The fourth-order valence-corrected chi connectivity index (χ4v) is 4.06. The third-order valence-corrected chi connectivity index (χ3v) is 5.33. The quantitative estimate of drug-likeness (QED) is 0.909. The SMILES string of the molecule is COc1ncccc1CNC1CCC2(CCCC2)CC1. The average molecular weight is 274 g/mol. The van der Waals surface area contributed by atoms with Gasteiger partial charge in [-0.15, -0.1) is 0 Å². The highest BCUT2D eigenvalue weighted by molar-refractivity contribution is 5.25. The van der Waals surface area contributed by atoms with Crippen molar-refractivity contribution in [1.29, 1.82) is 0 Å². The molecule has 0 amide bonds. The zero-order valence-corrected chi connectivity index (χ0v) is 12.5. The summed E-state index contributed by atoms with van der Waals surface area (Å²) < 4.78 is 5.31. The van der Waals surface area contributed by atoms with E-state index in [0.29, 0.717) is 6.04 Å². The number of hydrogen-bond donors (Lipinski definition) is 1. The van der Waals surface area contributed by atoms with E-state index in [1.807, 2.05) is 6.07 Å². The van der Waals surface area contributed by atoms with Crippen molar-refractivity contribution in [3.63, 3.8) is 0 Å². The molecular weight excluding hydrogens is 248 g/mol. The van der Waals surface area contributed by atoms with E-state index in [2.05, 4.69) is 16.4 Å². The summed E-state index contributed by atoms with van der Waals surface area (Å²) in [6.45, 7) is 0.870. The predicted octanol–water partition coefficient (Wildman–Crippen LogP) is 3.68. The second-order valence-corrected chi connectivity index (χ2v) is 6.53. The second-order valence-electron chi connectivity index (χ2n) is 6.53. The smallest absolute Gasteiger partial charge is 0.217 e. The average Bonchev–Trinajstić information content (AvgIpc) is 2.95. The topological polar surface area (TPSA) is 34.1 Å². The molecule has 0 saturated heterocycles. The molecule has 1 aromatic heterocycles. The van der Waals surface area contributed by atoms with Crippen LogP contribution in [0, 0.1) is 5.41 Å². The van der Waals surface area contributed by atoms with E-state index < -0.39 is 0 Å². The van der Waals surface area contributed by atoms with Gasteiger partial charge in [-0.05, 0) is 50.0 Å². The van der Waals surface area contributed by atoms with Crippen molar-refractivity contribution < 1.29 is 4.74 Å². The van der Waals surface area contributed by atoms with E-state index in [1.54, 1.807) is 13.3 Å². The Morgan fingerprint density at radius 3 is 2.70 bits per heavy atom. The fourth-order valence-electron chi connectivity index (χ4n) is 4.06. The molecule has 0 unspecified atom stereocenters. The number of nitrogens with one attached hydrogen (secondary N) is 1. The molecule has 20 heavy (non-hydrogen) atoms. The summed E-state index contributed by atoms with van der Waals surface area (Å²) in [4.78, 5) is 4.26. The number of nitrogens with zero attached hydrogens (tertiary/aromatic N) is 1. The standard InChI is InChI=1S/C17H26N2O/c1-20-16-14(5-4-12-18-16)13-19-15-6-10-17(11-7-15)8-2-3-9-17/h4-5,12,15,19H,2-3,6-11,13H2,1H3. The van der Waals surface area contributed by atoms with Gasteiger partial charge in [0.15, 0.2) is 0 Å². The number of ether oxygens (including phenoxy) is 1. The molecule has 3 nitrogen and oxygen atoms in total. The lowest BCUT2D eigenvalue weighted by molar-refractivity contribution is 0.168. The molecule has 2 aliphatic rings. The highest BCUT2D eigenvalue weighted by Crippen LogP contribution is 2.48. The fraction of sp³-hybridized carbons (Fsp3) is 0.706. The normalized spacial score (nSPS) is 22.2. The molecular formula is C17H26N2O. The van der Waals surface area contributed by atoms with Gasteiger partial charge in [0.25, 0.3) is 0 Å². The van der Waals surface area contributed by atoms with E-state index in [4.69, 9.17) is 4.74 Å². The predicted molar refractivity (Wildman–Crippen MR) is 80.8 cm³/mol. The van der Waals surface area contributed by atoms with Crippen LogP contribution in [0.4, 0.5) is 0 Å². The van der Waals surface area contributed by atoms with Crippen LogP contribution >= 0.6 is 0 Å². The maximum Gasteiger partial charge on any atom is 0.217 e. The lowest BCUT2D eigenvalue weighted by Crippen LogP contribution is -2.36. The Balaban J connectivity index is 1.50. The maximum absolute atomic E-state index is 5.31. The van der Waals surface area contributed by atoms with Gasteiger partial charge in [-0.1, -0.05) is 18.9 Å². The van der Waals surface area contributed by atoms with Gasteiger partial charge in [0.05, 0.1) is 7.11 Å². The van der Waals surface area contributed by atoms with E-state index in [-0.39, 0.29) is 0 Å². The molecule has 1 aromatic rings. The van der Waals surface area contributed by atoms with Crippen LogP contribution in [0.2, 0.25) is 0 Å². The van der Waals surface area contributed by atoms with Crippen LogP contribution in [-0.2, 0) is 6.54 Å². The minimum atomic E-state index is 0.672. The Morgan fingerprint density at radius 1 is 1.25 bits per heavy atom. The van der Waals surface area contributed by atoms with Crippen LogP contribution in [0.25, 0.3) is 0 Å². The lowest BCUT2D eigenvalue weighted by Gasteiger charge is -2.37. The molecule has 2 saturated carbocycles. The number of pyridine rings is 1. The van der Waals surface area contributed by atoms with Crippen LogP contribution in [0.5, 0.6) is 5.88 Å². The molecule has 1 N–H and O–H groups in total. The van der Waals surface area contributed by atoms with Crippen LogP contribution < -0.4 is 10.1 Å². The van der Waals surface area contributed by atoms with Crippen molar-refractivity contribution in [2.24, 2.45) is 5.41 Å². The van der Waals surface area contributed by atoms with Gasteiger partial charge in [-0.2, -0.15) is 0 Å². The third kappa shape index (κ3) is 2.98. The first kappa shape index (κ1) is 13.9. The van der Waals surface area contributed by atoms with Crippen molar-refractivity contribution in [3.8, 4) is 5.88 Å². The highest BCUT2D eigenvalue weighted by atomic mass is 16.5. The number of methoxy groups -OCH3 is 1. The van der Waals surface area contributed by atoms with E-state index in [9.17, 15) is 0 Å². The summed E-state index contributed by atoms with van der Waals surface area (Å²) >= 11 is 0. The molecule has 0 atom stereocenters. The summed E-state index contributed by atoms with van der Waals surface area (Å²) in [5, 5.41) is 3.70. The molecule has 3 rings (SSSR count). The Labute approximate surface area is 122 Å². The molecule has 3 heteroatoms. The van der Waals surface area contributed by atoms with Gasteiger partial charge in [-0.3, -0.25) is 0 Å².